The van der Waals surface area contributed by atoms with Crippen molar-refractivity contribution in [1.29, 1.82) is 0 Å². The minimum Gasteiger partial charge on any atom is -0.383 e. The Hall–Kier alpha value is -2.74. The Morgan fingerprint density at radius 3 is 2.68 bits per heavy atom. The second-order valence-corrected chi connectivity index (χ2v) is 5.39. The lowest BCUT2D eigenvalue weighted by molar-refractivity contribution is 0.190. The Morgan fingerprint density at radius 1 is 1.32 bits per heavy atom. The zero-order valence-electron chi connectivity index (χ0n) is 14.5. The minimum absolute atomic E-state index is 0.00369. The zero-order chi connectivity index (χ0) is 18.2. The molecule has 2 aromatic rings. The summed E-state index contributed by atoms with van der Waals surface area (Å²) in [7, 11) is 1.61. The number of hydrogen-bond acceptors (Lipinski definition) is 5. The van der Waals surface area contributed by atoms with E-state index in [0.717, 1.165) is 0 Å². The van der Waals surface area contributed by atoms with Crippen LogP contribution < -0.4 is 15.5 Å². The van der Waals surface area contributed by atoms with Crippen molar-refractivity contribution in [2.45, 2.75) is 19.9 Å². The van der Waals surface area contributed by atoms with Gasteiger partial charge in [-0.15, -0.1) is 0 Å². The van der Waals surface area contributed by atoms with Crippen molar-refractivity contribution in [3.8, 4) is 0 Å². The van der Waals surface area contributed by atoms with E-state index >= 15 is 0 Å². The molecule has 1 heterocycles. The smallest absolute Gasteiger partial charge is 0.327 e. The molecule has 0 fully saturated rings. The van der Waals surface area contributed by atoms with Crippen LogP contribution in [0.3, 0.4) is 0 Å². The van der Waals surface area contributed by atoms with Gasteiger partial charge in [0.15, 0.2) is 0 Å². The van der Waals surface area contributed by atoms with Crippen molar-refractivity contribution in [3.63, 3.8) is 0 Å². The Balaban J connectivity index is 2.33. The van der Waals surface area contributed by atoms with Gasteiger partial charge in [-0.05, 0) is 38.1 Å². The number of nitrogens with one attached hydrogen (secondary N) is 2. The molecule has 1 aromatic heterocycles. The number of urea groups is 1. The number of rotatable bonds is 7. The van der Waals surface area contributed by atoms with E-state index in [0.29, 0.717) is 30.6 Å². The number of anilines is 3. The van der Waals surface area contributed by atoms with Gasteiger partial charge in [-0.25, -0.2) is 19.1 Å². The largest absolute Gasteiger partial charge is 0.383 e. The number of amides is 2. The number of hydrogen-bond donors (Lipinski definition) is 2. The van der Waals surface area contributed by atoms with Gasteiger partial charge in [0.2, 0.25) is 5.95 Å². The number of methoxy groups -OCH3 is 1. The molecule has 0 radical (unpaired) electrons. The Morgan fingerprint density at radius 2 is 2.04 bits per heavy atom. The van der Waals surface area contributed by atoms with Crippen LogP contribution in [0.15, 0.2) is 36.5 Å². The van der Waals surface area contributed by atoms with E-state index in [1.54, 1.807) is 19.4 Å². The number of aromatic nitrogens is 2. The highest BCUT2D eigenvalue weighted by Crippen LogP contribution is 2.24. The van der Waals surface area contributed by atoms with Crippen molar-refractivity contribution < 1.29 is 13.9 Å². The molecule has 0 aliphatic rings. The molecule has 0 unspecified atom stereocenters. The van der Waals surface area contributed by atoms with Crippen LogP contribution in [0, 0.1) is 5.82 Å². The molecule has 7 nitrogen and oxygen atoms in total. The number of benzene rings is 1. The average molecular weight is 347 g/mol. The van der Waals surface area contributed by atoms with E-state index < -0.39 is 0 Å². The summed E-state index contributed by atoms with van der Waals surface area (Å²) in [6.07, 6.45) is 1.56. The standard InChI is InChI=1S/C17H22FN5O2/c1-4-19-17(24)23(14-7-5-13(18)6-8-14)15-9-10-20-16(22-15)21-12(2)11-25-3/h5-10,12H,4,11H2,1-3H3,(H,19,24)(H,20,21,22)/t12-/m0/s1. The van der Waals surface area contributed by atoms with E-state index in [1.165, 1.54) is 29.2 Å². The van der Waals surface area contributed by atoms with Crippen molar-refractivity contribution in [2.75, 3.05) is 30.5 Å². The number of carbonyl (C=O) groups is 1. The van der Waals surface area contributed by atoms with Crippen molar-refractivity contribution >= 4 is 23.5 Å². The fourth-order valence-electron chi connectivity index (χ4n) is 2.23. The normalized spacial score (nSPS) is 11.7. The molecule has 0 aliphatic heterocycles. The molecule has 134 valence electrons. The summed E-state index contributed by atoms with van der Waals surface area (Å²) >= 11 is 0. The molecule has 0 saturated carbocycles. The molecule has 0 bridgehead atoms. The van der Waals surface area contributed by atoms with E-state index in [1.807, 2.05) is 13.8 Å². The highest BCUT2D eigenvalue weighted by molar-refractivity contribution is 5.98. The lowest BCUT2D eigenvalue weighted by Gasteiger charge is -2.22. The molecular weight excluding hydrogens is 325 g/mol. The summed E-state index contributed by atoms with van der Waals surface area (Å²) < 4.78 is 18.3. The Bertz CT molecular complexity index is 696. The number of carbonyl (C=O) groups excluding carboxylic acids is 1. The third-order valence-corrected chi connectivity index (χ3v) is 3.28. The molecule has 0 spiro atoms. The van der Waals surface area contributed by atoms with Crippen molar-refractivity contribution in [3.05, 3.63) is 42.3 Å². The van der Waals surface area contributed by atoms with Crippen LogP contribution >= 0.6 is 0 Å². The monoisotopic (exact) mass is 347 g/mol. The van der Waals surface area contributed by atoms with Gasteiger partial charge in [-0.3, -0.25) is 0 Å². The quantitative estimate of drug-likeness (QED) is 0.805. The van der Waals surface area contributed by atoms with Crippen LogP contribution in [0.2, 0.25) is 0 Å². The maximum Gasteiger partial charge on any atom is 0.327 e. The van der Waals surface area contributed by atoms with E-state index in [2.05, 4.69) is 20.6 Å². The van der Waals surface area contributed by atoms with Gasteiger partial charge in [0.05, 0.1) is 12.3 Å². The second-order valence-electron chi connectivity index (χ2n) is 5.39. The van der Waals surface area contributed by atoms with Crippen LogP contribution in [0.5, 0.6) is 0 Å². The maximum absolute atomic E-state index is 13.2. The van der Waals surface area contributed by atoms with Gasteiger partial charge in [0.1, 0.15) is 11.6 Å². The number of nitrogens with zero attached hydrogens (tertiary/aromatic N) is 3. The Labute approximate surface area is 146 Å². The molecule has 1 atom stereocenters. The summed E-state index contributed by atoms with van der Waals surface area (Å²) in [5.74, 6) is 0.371. The molecule has 25 heavy (non-hydrogen) atoms. The summed E-state index contributed by atoms with van der Waals surface area (Å²) in [4.78, 5) is 22.4. The van der Waals surface area contributed by atoms with Gasteiger partial charge in [0, 0.05) is 32.0 Å². The summed E-state index contributed by atoms with van der Waals surface area (Å²) in [6, 6.07) is 6.89. The summed E-state index contributed by atoms with van der Waals surface area (Å²) in [5.41, 5.74) is 0.502. The molecule has 2 N–H and O–H groups in total. The molecule has 1 aromatic carbocycles. The van der Waals surface area contributed by atoms with Crippen LogP contribution in [0.25, 0.3) is 0 Å². The SMILES string of the molecule is CCNC(=O)N(c1ccc(F)cc1)c1ccnc(N[C@@H](C)COC)n1. The third-order valence-electron chi connectivity index (χ3n) is 3.28. The third kappa shape index (κ3) is 5.12. The Kier molecular flexibility index (Phi) is 6.64. The van der Waals surface area contributed by atoms with Gasteiger partial charge in [-0.1, -0.05) is 0 Å². The molecule has 0 aliphatic carbocycles. The van der Waals surface area contributed by atoms with Crippen molar-refractivity contribution in [2.24, 2.45) is 0 Å². The first-order chi connectivity index (χ1) is 12.0. The van der Waals surface area contributed by atoms with Crippen LogP contribution in [-0.4, -0.2) is 42.3 Å². The summed E-state index contributed by atoms with van der Waals surface area (Å²) in [5, 5.41) is 5.83. The molecule has 2 rings (SSSR count). The van der Waals surface area contributed by atoms with Gasteiger partial charge in [-0.2, -0.15) is 4.98 Å². The van der Waals surface area contributed by atoms with Crippen molar-refractivity contribution in [1.82, 2.24) is 15.3 Å². The van der Waals surface area contributed by atoms with E-state index in [9.17, 15) is 9.18 Å². The maximum atomic E-state index is 13.2. The first-order valence-electron chi connectivity index (χ1n) is 7.97. The number of halogens is 1. The minimum atomic E-state index is -0.377. The van der Waals surface area contributed by atoms with Gasteiger partial charge in [0.25, 0.3) is 0 Å². The highest BCUT2D eigenvalue weighted by atomic mass is 19.1. The van der Waals surface area contributed by atoms with E-state index in [4.69, 9.17) is 4.74 Å². The first-order valence-corrected chi connectivity index (χ1v) is 7.97. The van der Waals surface area contributed by atoms with Gasteiger partial charge >= 0.3 is 6.03 Å². The fourth-order valence-corrected chi connectivity index (χ4v) is 2.23. The van der Waals surface area contributed by atoms with E-state index in [-0.39, 0.29) is 17.9 Å². The lowest BCUT2D eigenvalue weighted by Crippen LogP contribution is -2.37. The number of ether oxygens (including phenoxy) is 1. The topological polar surface area (TPSA) is 79.4 Å². The molecular formula is C17H22FN5O2. The van der Waals surface area contributed by atoms with Crippen LogP contribution in [-0.2, 0) is 4.74 Å². The second kappa shape index (κ2) is 8.93. The highest BCUT2D eigenvalue weighted by Gasteiger charge is 2.19. The summed E-state index contributed by atoms with van der Waals surface area (Å²) in [6.45, 7) is 4.70. The molecule has 8 heteroatoms. The first kappa shape index (κ1) is 18.6. The van der Waals surface area contributed by atoms with Crippen LogP contribution in [0.4, 0.5) is 26.6 Å². The average Bonchev–Trinajstić information content (AvgIpc) is 2.58. The van der Waals surface area contributed by atoms with Crippen LogP contribution in [0.1, 0.15) is 13.8 Å². The lowest BCUT2D eigenvalue weighted by atomic mass is 10.3. The van der Waals surface area contributed by atoms with Gasteiger partial charge < -0.3 is 15.4 Å². The predicted octanol–water partition coefficient (Wildman–Crippen LogP) is 2.93. The fraction of sp³-hybridized carbons (Fsp3) is 0.353. The zero-order valence-corrected chi connectivity index (χ0v) is 14.5. The predicted molar refractivity (Wildman–Crippen MR) is 94.6 cm³/mol. The molecule has 2 amide bonds. The molecule has 0 saturated heterocycles.